The van der Waals surface area contributed by atoms with Crippen molar-refractivity contribution in [3.8, 4) is 0 Å². The van der Waals surface area contributed by atoms with E-state index in [-0.39, 0.29) is 5.97 Å². The Morgan fingerprint density at radius 2 is 2.35 bits per heavy atom. The van der Waals surface area contributed by atoms with E-state index in [4.69, 9.17) is 4.74 Å². The smallest absolute Gasteiger partial charge is 0.357 e. The van der Waals surface area contributed by atoms with Crippen molar-refractivity contribution in [3.05, 3.63) is 11.1 Å². The van der Waals surface area contributed by atoms with E-state index in [1.54, 1.807) is 12.3 Å². The molecule has 0 spiro atoms. The molecule has 0 saturated heterocycles. The van der Waals surface area contributed by atoms with Gasteiger partial charge in [0, 0.05) is 11.9 Å². The fraction of sp³-hybridized carbons (Fsp3) is 0.636. The summed E-state index contributed by atoms with van der Waals surface area (Å²) in [6.07, 6.45) is 1.04. The largest absolute Gasteiger partial charge is 0.461 e. The molecule has 0 aliphatic heterocycles. The average molecular weight is 257 g/mol. The van der Waals surface area contributed by atoms with Crippen molar-refractivity contribution < 1.29 is 9.53 Å². The number of anilines is 1. The molecule has 0 unspecified atom stereocenters. The van der Waals surface area contributed by atoms with Crippen molar-refractivity contribution in [3.63, 3.8) is 0 Å². The quantitative estimate of drug-likeness (QED) is 0.595. The molecule has 0 aliphatic rings. The normalized spacial score (nSPS) is 10.6. The lowest BCUT2D eigenvalue weighted by atomic mass is 10.4. The van der Waals surface area contributed by atoms with Gasteiger partial charge in [0.25, 0.3) is 0 Å². The minimum Gasteiger partial charge on any atom is -0.461 e. The predicted octanol–water partition coefficient (Wildman–Crippen LogP) is 1.68. The Morgan fingerprint density at radius 1 is 1.59 bits per heavy atom. The van der Waals surface area contributed by atoms with E-state index in [0.717, 1.165) is 24.6 Å². The molecule has 17 heavy (non-hydrogen) atoms. The minimum atomic E-state index is -0.356. The SMILES string of the molecule is CCOC(=O)c1csc(NCCCN(C)C)n1. The summed E-state index contributed by atoms with van der Waals surface area (Å²) in [7, 11) is 4.09. The van der Waals surface area contributed by atoms with Crippen LogP contribution in [0, 0.1) is 0 Å². The molecule has 1 N–H and O–H groups in total. The van der Waals surface area contributed by atoms with Gasteiger partial charge in [0.05, 0.1) is 6.61 Å². The molecule has 0 radical (unpaired) electrons. The first-order valence-corrected chi connectivity index (χ1v) is 6.52. The number of nitrogens with zero attached hydrogens (tertiary/aromatic N) is 2. The summed E-state index contributed by atoms with van der Waals surface area (Å²) in [5.74, 6) is -0.356. The number of rotatable bonds is 7. The molecule has 1 aromatic heterocycles. The molecular formula is C11H19N3O2S. The highest BCUT2D eigenvalue weighted by atomic mass is 32.1. The molecule has 6 heteroatoms. The maximum Gasteiger partial charge on any atom is 0.357 e. The third-order valence-corrected chi connectivity index (χ3v) is 2.85. The van der Waals surface area contributed by atoms with Gasteiger partial charge in [-0.1, -0.05) is 0 Å². The van der Waals surface area contributed by atoms with Crippen LogP contribution in [0.5, 0.6) is 0 Å². The second kappa shape index (κ2) is 7.24. The van der Waals surface area contributed by atoms with Crippen molar-refractivity contribution >= 4 is 22.4 Å². The molecule has 1 rings (SSSR count). The zero-order valence-electron chi connectivity index (χ0n) is 10.5. The van der Waals surface area contributed by atoms with Crippen LogP contribution in [0.4, 0.5) is 5.13 Å². The van der Waals surface area contributed by atoms with Crippen molar-refractivity contribution in [1.82, 2.24) is 9.88 Å². The maximum absolute atomic E-state index is 11.4. The number of ether oxygens (including phenoxy) is 1. The maximum atomic E-state index is 11.4. The van der Waals surface area contributed by atoms with Gasteiger partial charge >= 0.3 is 5.97 Å². The number of carbonyl (C=O) groups is 1. The topological polar surface area (TPSA) is 54.5 Å². The molecule has 0 aromatic carbocycles. The van der Waals surface area contributed by atoms with Gasteiger partial charge in [-0.2, -0.15) is 0 Å². The molecule has 0 aliphatic carbocycles. The zero-order valence-corrected chi connectivity index (χ0v) is 11.3. The van der Waals surface area contributed by atoms with E-state index in [1.807, 2.05) is 14.1 Å². The van der Waals surface area contributed by atoms with Gasteiger partial charge < -0.3 is 15.0 Å². The molecular weight excluding hydrogens is 238 g/mol. The molecule has 1 aromatic rings. The van der Waals surface area contributed by atoms with Gasteiger partial charge in [0.2, 0.25) is 0 Å². The third-order valence-electron chi connectivity index (χ3n) is 2.05. The number of thiazole rings is 1. The summed E-state index contributed by atoms with van der Waals surface area (Å²) < 4.78 is 4.87. The van der Waals surface area contributed by atoms with Crippen LogP contribution in [0.3, 0.4) is 0 Å². The first-order valence-electron chi connectivity index (χ1n) is 5.64. The summed E-state index contributed by atoms with van der Waals surface area (Å²) in [6.45, 7) is 4.05. The van der Waals surface area contributed by atoms with Crippen LogP contribution in [0.2, 0.25) is 0 Å². The van der Waals surface area contributed by atoms with Gasteiger partial charge in [-0.05, 0) is 34.0 Å². The monoisotopic (exact) mass is 257 g/mol. The van der Waals surface area contributed by atoms with E-state index in [1.165, 1.54) is 11.3 Å². The number of hydrogen-bond acceptors (Lipinski definition) is 6. The van der Waals surface area contributed by atoms with E-state index in [0.29, 0.717) is 12.3 Å². The van der Waals surface area contributed by atoms with Crippen LogP contribution in [-0.4, -0.2) is 49.6 Å². The molecule has 0 amide bonds. The first kappa shape index (κ1) is 13.9. The summed E-state index contributed by atoms with van der Waals surface area (Å²) >= 11 is 1.43. The van der Waals surface area contributed by atoms with Crippen molar-refractivity contribution in [2.24, 2.45) is 0 Å². The second-order valence-corrected chi connectivity index (χ2v) is 4.70. The molecule has 0 atom stereocenters. The summed E-state index contributed by atoms with van der Waals surface area (Å²) in [6, 6.07) is 0. The van der Waals surface area contributed by atoms with Crippen LogP contribution in [-0.2, 0) is 4.74 Å². The Hall–Kier alpha value is -1.14. The van der Waals surface area contributed by atoms with Crippen LogP contribution >= 0.6 is 11.3 Å². The molecule has 0 fully saturated rings. The summed E-state index contributed by atoms with van der Waals surface area (Å²) in [4.78, 5) is 17.7. The van der Waals surface area contributed by atoms with Crippen molar-refractivity contribution in [2.75, 3.05) is 39.1 Å². The lowest BCUT2D eigenvalue weighted by Crippen LogP contribution is -2.16. The van der Waals surface area contributed by atoms with Gasteiger partial charge in [0.1, 0.15) is 0 Å². The fourth-order valence-corrected chi connectivity index (χ4v) is 1.95. The van der Waals surface area contributed by atoms with Gasteiger partial charge in [-0.15, -0.1) is 11.3 Å². The van der Waals surface area contributed by atoms with Gasteiger partial charge in [-0.3, -0.25) is 0 Å². The standard InChI is InChI=1S/C11H19N3O2S/c1-4-16-10(15)9-8-17-11(13-9)12-6-5-7-14(2)3/h8H,4-7H2,1-3H3,(H,12,13). The Kier molecular flexibility index (Phi) is 5.93. The number of nitrogens with one attached hydrogen (secondary N) is 1. The second-order valence-electron chi connectivity index (χ2n) is 3.84. The highest BCUT2D eigenvalue weighted by Crippen LogP contribution is 2.15. The molecule has 0 bridgehead atoms. The van der Waals surface area contributed by atoms with E-state index < -0.39 is 0 Å². The Labute approximate surface area is 106 Å². The first-order chi connectivity index (χ1) is 8.13. The number of esters is 1. The molecule has 0 saturated carbocycles. The Balaban J connectivity index is 2.33. The van der Waals surface area contributed by atoms with Crippen LogP contribution < -0.4 is 5.32 Å². The zero-order chi connectivity index (χ0) is 12.7. The van der Waals surface area contributed by atoms with Gasteiger partial charge in [0.15, 0.2) is 10.8 Å². The Bertz CT molecular complexity index is 352. The van der Waals surface area contributed by atoms with Crippen LogP contribution in [0.1, 0.15) is 23.8 Å². The highest BCUT2D eigenvalue weighted by molar-refractivity contribution is 7.13. The predicted molar refractivity (Wildman–Crippen MR) is 69.7 cm³/mol. The number of aromatic nitrogens is 1. The summed E-state index contributed by atoms with van der Waals surface area (Å²) in [5.41, 5.74) is 0.381. The number of hydrogen-bond donors (Lipinski definition) is 1. The van der Waals surface area contributed by atoms with Crippen molar-refractivity contribution in [2.45, 2.75) is 13.3 Å². The average Bonchev–Trinajstić information content (AvgIpc) is 2.73. The number of carbonyl (C=O) groups excluding carboxylic acids is 1. The van der Waals surface area contributed by atoms with E-state index in [9.17, 15) is 4.79 Å². The van der Waals surface area contributed by atoms with Crippen LogP contribution in [0.25, 0.3) is 0 Å². The molecule has 96 valence electrons. The lowest BCUT2D eigenvalue weighted by molar-refractivity contribution is 0.0520. The molecule has 1 heterocycles. The van der Waals surface area contributed by atoms with Crippen molar-refractivity contribution in [1.29, 1.82) is 0 Å². The highest BCUT2D eigenvalue weighted by Gasteiger charge is 2.10. The van der Waals surface area contributed by atoms with E-state index >= 15 is 0 Å². The summed E-state index contributed by atoms with van der Waals surface area (Å²) in [5, 5.41) is 5.68. The van der Waals surface area contributed by atoms with Gasteiger partial charge in [-0.25, -0.2) is 9.78 Å². The van der Waals surface area contributed by atoms with Crippen LogP contribution in [0.15, 0.2) is 5.38 Å². The fourth-order valence-electron chi connectivity index (χ4n) is 1.24. The molecule has 5 nitrogen and oxygen atoms in total. The Morgan fingerprint density at radius 3 is 3.00 bits per heavy atom. The third kappa shape index (κ3) is 5.14. The minimum absolute atomic E-state index is 0.356. The van der Waals surface area contributed by atoms with E-state index in [2.05, 4.69) is 15.2 Å². The lowest BCUT2D eigenvalue weighted by Gasteiger charge is -2.08.